The van der Waals surface area contributed by atoms with Gasteiger partial charge in [0.05, 0.1) is 0 Å². The van der Waals surface area contributed by atoms with Crippen molar-refractivity contribution in [2.45, 2.75) is 26.7 Å². The Bertz CT molecular complexity index is 606. The van der Waals surface area contributed by atoms with Crippen LogP contribution in [0.4, 0.5) is 5.82 Å². The number of nitrogens with zero attached hydrogens (tertiary/aromatic N) is 2. The molecule has 0 fully saturated rings. The fourth-order valence-corrected chi connectivity index (χ4v) is 3.49. The normalized spacial score (nSPS) is 11.3. The minimum Gasteiger partial charge on any atom is -0.370 e. The van der Waals surface area contributed by atoms with Crippen LogP contribution in [0, 0.1) is 0 Å². The Kier molecular flexibility index (Phi) is 6.93. The Morgan fingerprint density at radius 3 is 2.73 bits per heavy atom. The fourth-order valence-electron chi connectivity index (χ4n) is 2.57. The Balaban J connectivity index is 1.95. The van der Waals surface area contributed by atoms with Crippen LogP contribution in [-0.4, -0.2) is 36.1 Å². The SMILES string of the molecule is CCN(CC)CCCCNc1ncc(Br)c2c(Cl)cccc12. The highest BCUT2D eigenvalue weighted by Crippen LogP contribution is 2.33. The molecule has 0 aliphatic heterocycles. The summed E-state index contributed by atoms with van der Waals surface area (Å²) >= 11 is 9.82. The van der Waals surface area contributed by atoms with Gasteiger partial charge in [-0.1, -0.05) is 37.6 Å². The van der Waals surface area contributed by atoms with Gasteiger partial charge in [-0.2, -0.15) is 0 Å². The summed E-state index contributed by atoms with van der Waals surface area (Å²) in [6.07, 6.45) is 4.15. The summed E-state index contributed by atoms with van der Waals surface area (Å²) in [5, 5.41) is 6.27. The van der Waals surface area contributed by atoms with E-state index in [0.717, 1.165) is 58.7 Å². The van der Waals surface area contributed by atoms with Gasteiger partial charge in [-0.15, -0.1) is 0 Å². The van der Waals surface area contributed by atoms with E-state index in [1.807, 2.05) is 18.3 Å². The second-order valence-corrected chi connectivity index (χ2v) is 6.54. The van der Waals surface area contributed by atoms with Crippen molar-refractivity contribution in [1.29, 1.82) is 0 Å². The zero-order valence-corrected chi connectivity index (χ0v) is 15.5. The van der Waals surface area contributed by atoms with E-state index in [9.17, 15) is 0 Å². The van der Waals surface area contributed by atoms with E-state index in [4.69, 9.17) is 11.6 Å². The summed E-state index contributed by atoms with van der Waals surface area (Å²) in [4.78, 5) is 6.94. The van der Waals surface area contributed by atoms with Crippen LogP contribution >= 0.6 is 27.5 Å². The Morgan fingerprint density at radius 1 is 1.23 bits per heavy atom. The number of hydrogen-bond donors (Lipinski definition) is 1. The van der Waals surface area contributed by atoms with Gasteiger partial charge in [-0.25, -0.2) is 4.98 Å². The van der Waals surface area contributed by atoms with Gasteiger partial charge in [-0.05, 0) is 54.5 Å². The molecule has 0 unspecified atom stereocenters. The van der Waals surface area contributed by atoms with Gasteiger partial charge in [0.2, 0.25) is 0 Å². The largest absolute Gasteiger partial charge is 0.370 e. The molecule has 0 amide bonds. The van der Waals surface area contributed by atoms with Crippen molar-refractivity contribution in [1.82, 2.24) is 9.88 Å². The summed E-state index contributed by atoms with van der Waals surface area (Å²) < 4.78 is 0.931. The zero-order valence-electron chi connectivity index (χ0n) is 13.2. The number of rotatable bonds is 8. The van der Waals surface area contributed by atoms with Crippen molar-refractivity contribution in [2.75, 3.05) is 31.5 Å². The van der Waals surface area contributed by atoms with E-state index < -0.39 is 0 Å². The maximum atomic E-state index is 6.29. The van der Waals surface area contributed by atoms with Crippen LogP contribution in [0.2, 0.25) is 5.02 Å². The number of halogens is 2. The van der Waals surface area contributed by atoms with Gasteiger partial charge in [0.25, 0.3) is 0 Å². The molecule has 120 valence electrons. The minimum absolute atomic E-state index is 0.747. The average molecular weight is 385 g/mol. The van der Waals surface area contributed by atoms with Gasteiger partial charge in [-0.3, -0.25) is 0 Å². The van der Waals surface area contributed by atoms with E-state index in [-0.39, 0.29) is 0 Å². The predicted molar refractivity (Wildman–Crippen MR) is 100.0 cm³/mol. The molecule has 0 bridgehead atoms. The molecular formula is C17H23BrClN3. The van der Waals surface area contributed by atoms with Crippen LogP contribution in [-0.2, 0) is 0 Å². The number of unbranched alkanes of at least 4 members (excludes halogenated alkanes) is 1. The number of fused-ring (bicyclic) bond motifs is 1. The molecule has 2 aromatic rings. The third-order valence-corrected chi connectivity index (χ3v) is 4.82. The molecule has 5 heteroatoms. The molecule has 1 heterocycles. The van der Waals surface area contributed by atoms with Crippen LogP contribution in [0.15, 0.2) is 28.9 Å². The van der Waals surface area contributed by atoms with Crippen molar-refractivity contribution in [3.63, 3.8) is 0 Å². The maximum absolute atomic E-state index is 6.29. The Labute approximate surface area is 146 Å². The molecule has 0 atom stereocenters. The molecule has 0 spiro atoms. The number of nitrogens with one attached hydrogen (secondary N) is 1. The summed E-state index contributed by atoms with van der Waals surface area (Å²) in [6, 6.07) is 5.92. The Hall–Kier alpha value is -0.840. The molecule has 0 aliphatic carbocycles. The molecule has 1 aromatic heterocycles. The summed E-state index contributed by atoms with van der Waals surface area (Å²) in [6.45, 7) is 8.77. The molecule has 3 nitrogen and oxygen atoms in total. The number of hydrogen-bond acceptors (Lipinski definition) is 3. The lowest BCUT2D eigenvalue weighted by molar-refractivity contribution is 0.298. The number of anilines is 1. The van der Waals surface area contributed by atoms with Gasteiger partial charge in [0.15, 0.2) is 0 Å². The first-order valence-corrected chi connectivity index (χ1v) is 9.03. The second kappa shape index (κ2) is 8.70. The van der Waals surface area contributed by atoms with E-state index >= 15 is 0 Å². The fraction of sp³-hybridized carbons (Fsp3) is 0.471. The first kappa shape index (κ1) is 17.5. The van der Waals surface area contributed by atoms with Crippen molar-refractivity contribution in [2.24, 2.45) is 0 Å². The minimum atomic E-state index is 0.747. The highest BCUT2D eigenvalue weighted by molar-refractivity contribution is 9.10. The monoisotopic (exact) mass is 383 g/mol. The lowest BCUT2D eigenvalue weighted by Gasteiger charge is -2.17. The van der Waals surface area contributed by atoms with E-state index in [1.54, 1.807) is 0 Å². The third-order valence-electron chi connectivity index (χ3n) is 3.90. The lowest BCUT2D eigenvalue weighted by atomic mass is 10.1. The summed E-state index contributed by atoms with van der Waals surface area (Å²) in [5.41, 5.74) is 0. The highest BCUT2D eigenvalue weighted by atomic mass is 79.9. The smallest absolute Gasteiger partial charge is 0.133 e. The van der Waals surface area contributed by atoms with E-state index in [1.165, 1.54) is 6.42 Å². The van der Waals surface area contributed by atoms with Crippen molar-refractivity contribution in [3.8, 4) is 0 Å². The van der Waals surface area contributed by atoms with Crippen molar-refractivity contribution in [3.05, 3.63) is 33.9 Å². The zero-order chi connectivity index (χ0) is 15.9. The van der Waals surface area contributed by atoms with E-state index in [0.29, 0.717) is 0 Å². The summed E-state index contributed by atoms with van der Waals surface area (Å²) in [5.74, 6) is 0.906. The molecule has 1 N–H and O–H groups in total. The molecule has 0 saturated carbocycles. The van der Waals surface area contributed by atoms with Gasteiger partial charge >= 0.3 is 0 Å². The van der Waals surface area contributed by atoms with Crippen LogP contribution in [0.3, 0.4) is 0 Å². The molecule has 2 rings (SSSR count). The maximum Gasteiger partial charge on any atom is 0.133 e. The van der Waals surface area contributed by atoms with Crippen molar-refractivity contribution < 1.29 is 0 Å². The lowest BCUT2D eigenvalue weighted by Crippen LogP contribution is -2.24. The molecule has 0 aliphatic rings. The number of aromatic nitrogens is 1. The topological polar surface area (TPSA) is 28.2 Å². The predicted octanol–water partition coefficient (Wildman–Crippen LogP) is 5.18. The van der Waals surface area contributed by atoms with Gasteiger partial charge in [0, 0.05) is 33.0 Å². The quantitative estimate of drug-likeness (QED) is 0.635. The van der Waals surface area contributed by atoms with Crippen LogP contribution in [0.1, 0.15) is 26.7 Å². The highest BCUT2D eigenvalue weighted by Gasteiger charge is 2.08. The molecule has 1 aromatic carbocycles. The number of benzene rings is 1. The summed E-state index contributed by atoms with van der Waals surface area (Å²) in [7, 11) is 0. The molecule has 22 heavy (non-hydrogen) atoms. The number of pyridine rings is 1. The first-order valence-electron chi connectivity index (χ1n) is 7.86. The second-order valence-electron chi connectivity index (χ2n) is 5.28. The third kappa shape index (κ3) is 4.34. The average Bonchev–Trinajstić information content (AvgIpc) is 2.53. The van der Waals surface area contributed by atoms with Gasteiger partial charge < -0.3 is 10.2 Å². The van der Waals surface area contributed by atoms with Crippen LogP contribution in [0.25, 0.3) is 10.8 Å². The van der Waals surface area contributed by atoms with Crippen LogP contribution < -0.4 is 5.32 Å². The standard InChI is InChI=1S/C17H23BrClN3/c1-3-22(4-2)11-6-5-10-20-17-13-8-7-9-15(19)16(13)14(18)12-21-17/h7-9,12H,3-6,10-11H2,1-2H3,(H,20,21). The van der Waals surface area contributed by atoms with Crippen LogP contribution in [0.5, 0.6) is 0 Å². The van der Waals surface area contributed by atoms with Gasteiger partial charge in [0.1, 0.15) is 5.82 Å². The first-order chi connectivity index (χ1) is 10.7. The molecular weight excluding hydrogens is 362 g/mol. The molecule has 0 radical (unpaired) electrons. The molecule has 0 saturated heterocycles. The van der Waals surface area contributed by atoms with Crippen molar-refractivity contribution >= 4 is 44.1 Å². The van der Waals surface area contributed by atoms with E-state index in [2.05, 4.69) is 51.0 Å². The Morgan fingerprint density at radius 2 is 2.00 bits per heavy atom.